The van der Waals surface area contributed by atoms with E-state index >= 15 is 0 Å². The van der Waals surface area contributed by atoms with Crippen LogP contribution < -0.4 is 0 Å². The lowest BCUT2D eigenvalue weighted by Crippen LogP contribution is -2.56. The van der Waals surface area contributed by atoms with E-state index in [2.05, 4.69) is 25.5 Å². The summed E-state index contributed by atoms with van der Waals surface area (Å²) in [5.41, 5.74) is -4.77. The number of phosphoric ester groups is 1. The van der Waals surface area contributed by atoms with Gasteiger partial charge < -0.3 is 43.5 Å². The predicted octanol–water partition coefficient (Wildman–Crippen LogP) is 2.50. The van der Waals surface area contributed by atoms with Crippen LogP contribution in [0.25, 0.3) is 0 Å². The first-order chi connectivity index (χ1) is 22.0. The molecular formula is C27H42FN2O16P. The van der Waals surface area contributed by atoms with E-state index in [0.717, 1.165) is 29.0 Å². The van der Waals surface area contributed by atoms with Gasteiger partial charge >= 0.3 is 26.1 Å². The largest absolute Gasteiger partial charge is 0.510 e. The molecule has 2 heterocycles. The summed E-state index contributed by atoms with van der Waals surface area (Å²) >= 11 is 0. The van der Waals surface area contributed by atoms with Gasteiger partial charge in [0.15, 0.2) is 18.6 Å². The number of carbonyl (C=O) groups is 4. The zero-order valence-corrected chi connectivity index (χ0v) is 27.8. The van der Waals surface area contributed by atoms with Crippen LogP contribution in [-0.2, 0) is 56.1 Å². The number of amides is 1. The molecule has 2 aliphatic heterocycles. The number of aliphatic hydroxyl groups excluding tert-OH is 1. The van der Waals surface area contributed by atoms with Gasteiger partial charge in [-0.1, -0.05) is 27.4 Å². The topological polar surface area (TPSA) is 215 Å². The Balaban J connectivity index is 2.25. The Hall–Kier alpha value is -3.32. The normalized spacial score (nSPS) is 25.1. The third-order valence-electron chi connectivity index (χ3n) is 7.10. The fraction of sp³-hybridized carbons (Fsp3) is 0.704. The summed E-state index contributed by atoms with van der Waals surface area (Å²) in [7, 11) is -4.91. The van der Waals surface area contributed by atoms with Crippen molar-refractivity contribution in [1.29, 1.82) is 0 Å². The van der Waals surface area contributed by atoms with Gasteiger partial charge in [0, 0.05) is 12.3 Å². The Bertz CT molecular complexity index is 1190. The van der Waals surface area contributed by atoms with Gasteiger partial charge in [-0.3, -0.25) is 19.0 Å². The van der Waals surface area contributed by atoms with Crippen LogP contribution in [0.3, 0.4) is 0 Å². The lowest BCUT2D eigenvalue weighted by Gasteiger charge is -2.40. The Labute approximate surface area is 270 Å². The molecule has 0 saturated carbocycles. The molecule has 5 atom stereocenters. The van der Waals surface area contributed by atoms with E-state index in [4.69, 9.17) is 23.0 Å². The van der Waals surface area contributed by atoms with Gasteiger partial charge in [0.05, 0.1) is 25.7 Å². The minimum absolute atomic E-state index is 0.0417. The lowest BCUT2D eigenvalue weighted by atomic mass is 9.88. The van der Waals surface area contributed by atoms with Crippen LogP contribution >= 0.6 is 7.82 Å². The second-order valence-corrected chi connectivity index (χ2v) is 12.4. The Morgan fingerprint density at radius 1 is 1.04 bits per heavy atom. The van der Waals surface area contributed by atoms with Crippen molar-refractivity contribution >= 4 is 32.0 Å². The molecule has 1 fully saturated rings. The van der Waals surface area contributed by atoms with Crippen molar-refractivity contribution < 1.29 is 80.3 Å². The molecule has 2 N–H and O–H groups in total. The summed E-state index contributed by atoms with van der Waals surface area (Å²) in [5, 5.41) is 22.4. The number of esters is 1. The van der Waals surface area contributed by atoms with Gasteiger partial charge in [-0.25, -0.2) is 27.6 Å². The van der Waals surface area contributed by atoms with Crippen molar-refractivity contribution in [1.82, 2.24) is 9.80 Å². The maximum atomic E-state index is 14.7. The summed E-state index contributed by atoms with van der Waals surface area (Å²) < 4.78 is 72.4. The number of nitrogens with zero attached hydrogens (tertiary/aromatic N) is 2. The highest BCUT2D eigenvalue weighted by Gasteiger charge is 2.64. The maximum Gasteiger partial charge on any atom is 0.510 e. The number of rotatable bonds is 17. The minimum atomic E-state index is -4.91. The summed E-state index contributed by atoms with van der Waals surface area (Å²) in [5.74, 6) is -1.91. The number of halogens is 1. The molecule has 0 aromatic rings. The number of carbonyl (C=O) groups excluding carboxylic acids is 4. The zero-order valence-electron chi connectivity index (χ0n) is 27.0. The van der Waals surface area contributed by atoms with Crippen LogP contribution in [-0.4, -0.2) is 115 Å². The molecule has 0 radical (unpaired) electrons. The van der Waals surface area contributed by atoms with Crippen LogP contribution in [0.5, 0.6) is 0 Å². The van der Waals surface area contributed by atoms with Crippen LogP contribution in [0.2, 0.25) is 0 Å². The van der Waals surface area contributed by atoms with Gasteiger partial charge in [-0.05, 0) is 26.7 Å². The number of aliphatic hydroxyl groups is 2. The third-order valence-corrected chi connectivity index (χ3v) is 8.39. The average Bonchev–Trinajstić information content (AvgIpc) is 3.20. The van der Waals surface area contributed by atoms with E-state index in [1.165, 1.54) is 13.8 Å². The number of hydrogen-bond acceptors (Lipinski definition) is 17. The van der Waals surface area contributed by atoms with Crippen molar-refractivity contribution in [2.45, 2.75) is 65.1 Å². The monoisotopic (exact) mass is 700 g/mol. The number of hydrogen-bond donors (Lipinski definition) is 2. The molecule has 0 aromatic carbocycles. The number of phosphoric acid groups is 1. The van der Waals surface area contributed by atoms with E-state index in [1.807, 2.05) is 13.8 Å². The molecule has 2 aliphatic rings. The second-order valence-electron chi connectivity index (χ2n) is 10.7. The SMILES string of the molecule is C=C1N(COC(=O)C(C)C(C)C)C(=O)C=CN1[C@@H]1O[C@](CF)(COP(=O)(OCOC(=O)OCC)OCOC(=O)OCC)[C@@H](O)[C@@]1(C)O. The Morgan fingerprint density at radius 3 is 2.09 bits per heavy atom. The molecule has 20 heteroatoms. The summed E-state index contributed by atoms with van der Waals surface area (Å²) in [6, 6.07) is 0. The molecule has 0 spiro atoms. The summed E-state index contributed by atoms with van der Waals surface area (Å²) in [6.07, 6.45) is -3.97. The van der Waals surface area contributed by atoms with Gasteiger partial charge in [0.1, 0.15) is 24.2 Å². The van der Waals surface area contributed by atoms with E-state index < -0.39 is 95.1 Å². The minimum Gasteiger partial charge on any atom is -0.444 e. The van der Waals surface area contributed by atoms with Gasteiger partial charge in [0.2, 0.25) is 13.6 Å². The Kier molecular flexibility index (Phi) is 14.6. The first kappa shape index (κ1) is 39.9. The van der Waals surface area contributed by atoms with Crippen molar-refractivity contribution in [2.75, 3.05) is 46.8 Å². The first-order valence-electron chi connectivity index (χ1n) is 14.4. The molecule has 1 amide bonds. The Morgan fingerprint density at radius 2 is 1.60 bits per heavy atom. The van der Waals surface area contributed by atoms with Crippen LogP contribution in [0, 0.1) is 11.8 Å². The fourth-order valence-corrected chi connectivity index (χ4v) is 5.00. The highest BCUT2D eigenvalue weighted by atomic mass is 31.2. The molecule has 0 aliphatic carbocycles. The number of alkyl halides is 1. The van der Waals surface area contributed by atoms with Crippen molar-refractivity contribution in [3.63, 3.8) is 0 Å². The lowest BCUT2D eigenvalue weighted by molar-refractivity contribution is -0.164. The van der Waals surface area contributed by atoms with Crippen LogP contribution in [0.4, 0.5) is 14.0 Å². The molecule has 47 heavy (non-hydrogen) atoms. The molecule has 1 unspecified atom stereocenters. The van der Waals surface area contributed by atoms with E-state index in [0.29, 0.717) is 0 Å². The molecular weight excluding hydrogens is 658 g/mol. The quantitative estimate of drug-likeness (QED) is 0.0964. The molecule has 1 saturated heterocycles. The van der Waals surface area contributed by atoms with Gasteiger partial charge in [0.25, 0.3) is 5.91 Å². The molecule has 0 bridgehead atoms. The summed E-state index contributed by atoms with van der Waals surface area (Å²) in [6.45, 7) is 7.72. The van der Waals surface area contributed by atoms with E-state index in [9.17, 15) is 38.3 Å². The molecule has 2 rings (SSSR count). The molecule has 268 valence electrons. The highest BCUT2D eigenvalue weighted by molar-refractivity contribution is 7.48. The zero-order chi connectivity index (χ0) is 35.6. The number of ether oxygens (including phenoxy) is 6. The summed E-state index contributed by atoms with van der Waals surface area (Å²) in [4.78, 5) is 50.0. The maximum absolute atomic E-state index is 14.7. The van der Waals surface area contributed by atoms with Gasteiger partial charge in [-0.2, -0.15) is 0 Å². The van der Waals surface area contributed by atoms with E-state index in [1.54, 1.807) is 6.92 Å². The third kappa shape index (κ3) is 10.1. The van der Waals surface area contributed by atoms with Crippen molar-refractivity contribution in [3.05, 3.63) is 24.7 Å². The smallest absolute Gasteiger partial charge is 0.444 e. The highest BCUT2D eigenvalue weighted by Crippen LogP contribution is 2.52. The standard InChI is InChI=1S/C27H42FN2O16P/c1-8-38-24(34)41-15-44-47(37,45-16-42-25(35)39-9-2)43-13-27(12-28)22(33)26(7,36)23(46-27)29-11-10-20(31)30(19(29)6)14-40-21(32)18(5)17(3)4/h10-11,17-18,22-23,33,36H,6,8-9,12-16H2,1-5,7H3/t18?,22-,23+,26+,27+/m0/s1. The first-order valence-corrected chi connectivity index (χ1v) is 15.8. The second kappa shape index (κ2) is 17.2. The fourth-order valence-electron chi connectivity index (χ4n) is 4.04. The average molecular weight is 701 g/mol. The van der Waals surface area contributed by atoms with E-state index in [-0.39, 0.29) is 25.0 Å². The molecule has 18 nitrogen and oxygen atoms in total. The van der Waals surface area contributed by atoms with Crippen molar-refractivity contribution in [3.8, 4) is 0 Å². The predicted molar refractivity (Wildman–Crippen MR) is 154 cm³/mol. The van der Waals surface area contributed by atoms with Crippen molar-refractivity contribution in [2.24, 2.45) is 11.8 Å². The van der Waals surface area contributed by atoms with Gasteiger partial charge in [-0.15, -0.1) is 0 Å². The molecule has 0 aromatic heterocycles. The van der Waals surface area contributed by atoms with Crippen LogP contribution in [0.15, 0.2) is 24.7 Å². The van der Waals surface area contributed by atoms with Crippen LogP contribution in [0.1, 0.15) is 41.5 Å².